The Morgan fingerprint density at radius 3 is 2.45 bits per heavy atom. The maximum atomic E-state index is 6.18. The van der Waals surface area contributed by atoms with Gasteiger partial charge in [0.1, 0.15) is 11.9 Å². The van der Waals surface area contributed by atoms with Crippen molar-refractivity contribution in [2.45, 2.75) is 65.0 Å². The molecule has 0 saturated heterocycles. The van der Waals surface area contributed by atoms with E-state index in [2.05, 4.69) is 50.4 Å². The van der Waals surface area contributed by atoms with E-state index in [1.807, 2.05) is 0 Å². The largest absolute Gasteiger partial charge is 0.490 e. The van der Waals surface area contributed by atoms with E-state index in [0.29, 0.717) is 18.1 Å². The number of ether oxygens (including phenoxy) is 1. The average molecular weight is 275 g/mol. The van der Waals surface area contributed by atoms with Crippen molar-refractivity contribution in [2.75, 3.05) is 6.54 Å². The number of hydrogen-bond acceptors (Lipinski definition) is 2. The summed E-state index contributed by atoms with van der Waals surface area (Å²) in [6, 6.07) is 9.15. The molecule has 1 N–H and O–H groups in total. The monoisotopic (exact) mass is 275 g/mol. The minimum atomic E-state index is 0.408. The lowest BCUT2D eigenvalue weighted by molar-refractivity contribution is 0.102. The highest BCUT2D eigenvalue weighted by Crippen LogP contribution is 2.28. The van der Waals surface area contributed by atoms with E-state index in [0.717, 1.165) is 18.7 Å². The smallest absolute Gasteiger partial charge is 0.119 e. The van der Waals surface area contributed by atoms with Gasteiger partial charge in [0.05, 0.1) is 0 Å². The molecule has 0 heterocycles. The molecule has 2 heteroatoms. The number of benzene rings is 1. The Labute approximate surface area is 123 Å². The van der Waals surface area contributed by atoms with Crippen LogP contribution in [0.25, 0.3) is 0 Å². The fourth-order valence-electron chi connectivity index (χ4n) is 3.16. The van der Waals surface area contributed by atoms with Crippen LogP contribution in [0.5, 0.6) is 5.75 Å². The highest BCUT2D eigenvalue weighted by Gasteiger charge is 2.22. The highest BCUT2D eigenvalue weighted by molar-refractivity contribution is 5.29. The molecular formula is C18H29NO. The van der Waals surface area contributed by atoms with Crippen LogP contribution in [0.4, 0.5) is 0 Å². The van der Waals surface area contributed by atoms with Gasteiger partial charge in [-0.15, -0.1) is 0 Å². The van der Waals surface area contributed by atoms with Gasteiger partial charge >= 0.3 is 0 Å². The number of rotatable bonds is 6. The summed E-state index contributed by atoms with van der Waals surface area (Å²) < 4.78 is 6.18. The van der Waals surface area contributed by atoms with E-state index in [1.165, 1.54) is 31.2 Å². The van der Waals surface area contributed by atoms with Gasteiger partial charge in [0.15, 0.2) is 0 Å². The molecule has 2 nitrogen and oxygen atoms in total. The van der Waals surface area contributed by atoms with Crippen molar-refractivity contribution in [1.82, 2.24) is 5.32 Å². The lowest BCUT2D eigenvalue weighted by Gasteiger charge is -2.29. The lowest BCUT2D eigenvalue weighted by Crippen LogP contribution is -2.28. The van der Waals surface area contributed by atoms with Gasteiger partial charge in [-0.05, 0) is 55.8 Å². The fourth-order valence-corrected chi connectivity index (χ4v) is 3.16. The van der Waals surface area contributed by atoms with Crippen molar-refractivity contribution in [2.24, 2.45) is 5.92 Å². The first-order valence-electron chi connectivity index (χ1n) is 8.24. The molecule has 3 atom stereocenters. The van der Waals surface area contributed by atoms with Crippen molar-refractivity contribution in [3.8, 4) is 5.75 Å². The Balaban J connectivity index is 1.97. The Kier molecular flexibility index (Phi) is 5.90. The summed E-state index contributed by atoms with van der Waals surface area (Å²) in [6.45, 7) is 7.71. The van der Waals surface area contributed by atoms with Crippen molar-refractivity contribution >= 4 is 0 Å². The second-order valence-electron chi connectivity index (χ2n) is 6.01. The van der Waals surface area contributed by atoms with Gasteiger partial charge in [-0.25, -0.2) is 0 Å². The molecule has 3 unspecified atom stereocenters. The Hall–Kier alpha value is -1.02. The minimum absolute atomic E-state index is 0.408. The van der Waals surface area contributed by atoms with Crippen LogP contribution >= 0.6 is 0 Å². The van der Waals surface area contributed by atoms with Gasteiger partial charge in [0.25, 0.3) is 0 Å². The SMILES string of the molecule is CCNC(CC)c1ccc(OC2CCCCC2C)cc1. The lowest BCUT2D eigenvalue weighted by atomic mass is 9.88. The molecule has 1 saturated carbocycles. The maximum absolute atomic E-state index is 6.18. The topological polar surface area (TPSA) is 21.3 Å². The van der Waals surface area contributed by atoms with Crippen LogP contribution in [0, 0.1) is 5.92 Å². The van der Waals surface area contributed by atoms with Crippen molar-refractivity contribution in [3.05, 3.63) is 29.8 Å². The van der Waals surface area contributed by atoms with Gasteiger partial charge in [-0.1, -0.05) is 39.3 Å². The summed E-state index contributed by atoms with van der Waals surface area (Å²) >= 11 is 0. The van der Waals surface area contributed by atoms with E-state index in [1.54, 1.807) is 0 Å². The number of nitrogens with one attached hydrogen (secondary N) is 1. The molecule has 0 aromatic heterocycles. The zero-order chi connectivity index (χ0) is 14.4. The van der Waals surface area contributed by atoms with E-state index in [9.17, 15) is 0 Å². The summed E-state index contributed by atoms with van der Waals surface area (Å²) in [6.07, 6.45) is 6.71. The summed E-state index contributed by atoms with van der Waals surface area (Å²) in [5.74, 6) is 1.72. The quantitative estimate of drug-likeness (QED) is 0.812. The maximum Gasteiger partial charge on any atom is 0.119 e. The molecule has 20 heavy (non-hydrogen) atoms. The molecule has 0 radical (unpaired) electrons. The molecule has 1 aromatic rings. The van der Waals surface area contributed by atoms with Crippen LogP contribution in [-0.4, -0.2) is 12.6 Å². The highest BCUT2D eigenvalue weighted by atomic mass is 16.5. The fraction of sp³-hybridized carbons (Fsp3) is 0.667. The summed E-state index contributed by atoms with van der Waals surface area (Å²) in [5.41, 5.74) is 1.36. The third-order valence-electron chi connectivity index (χ3n) is 4.46. The van der Waals surface area contributed by atoms with Crippen molar-refractivity contribution in [3.63, 3.8) is 0 Å². The minimum Gasteiger partial charge on any atom is -0.490 e. The molecule has 1 aromatic carbocycles. The van der Waals surface area contributed by atoms with Crippen LogP contribution in [0.3, 0.4) is 0 Å². The number of hydrogen-bond donors (Lipinski definition) is 1. The van der Waals surface area contributed by atoms with E-state index >= 15 is 0 Å². The molecule has 1 aliphatic carbocycles. The van der Waals surface area contributed by atoms with Gasteiger partial charge < -0.3 is 10.1 Å². The van der Waals surface area contributed by atoms with Gasteiger partial charge in [-0.2, -0.15) is 0 Å². The first-order chi connectivity index (χ1) is 9.74. The van der Waals surface area contributed by atoms with E-state index in [-0.39, 0.29) is 0 Å². The van der Waals surface area contributed by atoms with Crippen LogP contribution in [0.1, 0.15) is 64.5 Å². The summed E-state index contributed by atoms with van der Waals surface area (Å²) in [4.78, 5) is 0. The van der Waals surface area contributed by atoms with Gasteiger partial charge in [0.2, 0.25) is 0 Å². The van der Waals surface area contributed by atoms with Crippen molar-refractivity contribution in [1.29, 1.82) is 0 Å². The Morgan fingerprint density at radius 1 is 1.15 bits per heavy atom. The molecule has 0 bridgehead atoms. The molecule has 0 spiro atoms. The molecule has 112 valence electrons. The molecule has 0 aliphatic heterocycles. The van der Waals surface area contributed by atoms with Crippen LogP contribution in [0.15, 0.2) is 24.3 Å². The Bertz CT molecular complexity index is 387. The predicted octanol–water partition coefficient (Wildman–Crippen LogP) is 4.70. The second-order valence-corrected chi connectivity index (χ2v) is 6.01. The zero-order valence-electron chi connectivity index (χ0n) is 13.2. The average Bonchev–Trinajstić information content (AvgIpc) is 2.48. The third kappa shape index (κ3) is 3.99. The van der Waals surface area contributed by atoms with E-state index in [4.69, 9.17) is 4.74 Å². The molecule has 2 rings (SSSR count). The normalized spacial score (nSPS) is 24.4. The van der Waals surface area contributed by atoms with Crippen LogP contribution < -0.4 is 10.1 Å². The first kappa shape index (κ1) is 15.4. The molecule has 1 fully saturated rings. The Morgan fingerprint density at radius 2 is 1.85 bits per heavy atom. The van der Waals surface area contributed by atoms with Crippen LogP contribution in [0.2, 0.25) is 0 Å². The predicted molar refractivity (Wildman–Crippen MR) is 85.2 cm³/mol. The first-order valence-corrected chi connectivity index (χ1v) is 8.24. The van der Waals surface area contributed by atoms with Gasteiger partial charge in [0, 0.05) is 6.04 Å². The third-order valence-corrected chi connectivity index (χ3v) is 4.46. The standard InChI is InChI=1S/C18H29NO/c1-4-17(19-5-2)15-10-12-16(13-11-15)20-18-9-7-6-8-14(18)3/h10-14,17-19H,4-9H2,1-3H3. The van der Waals surface area contributed by atoms with E-state index < -0.39 is 0 Å². The second kappa shape index (κ2) is 7.68. The summed E-state index contributed by atoms with van der Waals surface area (Å²) in [5, 5.41) is 3.52. The molecule has 0 amide bonds. The van der Waals surface area contributed by atoms with Crippen molar-refractivity contribution < 1.29 is 4.74 Å². The summed E-state index contributed by atoms with van der Waals surface area (Å²) in [7, 11) is 0. The molecular weight excluding hydrogens is 246 g/mol. The van der Waals surface area contributed by atoms with Gasteiger partial charge in [-0.3, -0.25) is 0 Å². The zero-order valence-corrected chi connectivity index (χ0v) is 13.2. The van der Waals surface area contributed by atoms with Crippen LogP contribution in [-0.2, 0) is 0 Å². The molecule has 1 aliphatic rings.